The second-order valence-electron chi connectivity index (χ2n) is 6.89. The van der Waals surface area contributed by atoms with Gasteiger partial charge in [-0.1, -0.05) is 41.7 Å². The number of alkyl carbamates (subject to hydrolysis) is 1. The summed E-state index contributed by atoms with van der Waals surface area (Å²) in [4.78, 5) is 16.1. The number of ether oxygens (including phenoxy) is 1. The average molecular weight is 452 g/mol. The van der Waals surface area contributed by atoms with Crippen LogP contribution in [0, 0.1) is 0 Å². The number of aromatic nitrogens is 1. The van der Waals surface area contributed by atoms with Gasteiger partial charge in [0.1, 0.15) is 10.6 Å². The summed E-state index contributed by atoms with van der Waals surface area (Å²) in [5, 5.41) is 2.20. The lowest BCUT2D eigenvalue weighted by Gasteiger charge is -2.23. The summed E-state index contributed by atoms with van der Waals surface area (Å²) < 4.78 is 69.1. The molecule has 7 nitrogen and oxygen atoms in total. The van der Waals surface area contributed by atoms with Crippen LogP contribution >= 0.6 is 11.3 Å². The topological polar surface area (TPSA) is 94.6 Å². The number of thiazole rings is 1. The monoisotopic (exact) mass is 452 g/mol. The molecule has 0 spiro atoms. The Morgan fingerprint density at radius 2 is 1.83 bits per heavy atom. The van der Waals surface area contributed by atoms with Crippen LogP contribution in [0.15, 0.2) is 36.5 Å². The predicted molar refractivity (Wildman–Crippen MR) is 100.0 cm³/mol. The Balaban J connectivity index is 2.24. The van der Waals surface area contributed by atoms with Gasteiger partial charge in [-0.25, -0.2) is 9.78 Å². The van der Waals surface area contributed by atoms with Gasteiger partial charge >= 0.3 is 21.7 Å². The first-order valence-corrected chi connectivity index (χ1v) is 10.5. The van der Waals surface area contributed by atoms with E-state index in [2.05, 4.69) is 14.5 Å². The van der Waals surface area contributed by atoms with Crippen molar-refractivity contribution < 1.29 is 35.3 Å². The first kappa shape index (κ1) is 22.9. The van der Waals surface area contributed by atoms with Crippen molar-refractivity contribution in [1.82, 2.24) is 10.3 Å². The van der Waals surface area contributed by atoms with E-state index < -0.39 is 38.4 Å². The highest BCUT2D eigenvalue weighted by atomic mass is 32.2. The van der Waals surface area contributed by atoms with Crippen LogP contribution in [0.3, 0.4) is 0 Å². The van der Waals surface area contributed by atoms with Crippen molar-refractivity contribution in [2.24, 2.45) is 0 Å². The van der Waals surface area contributed by atoms with Gasteiger partial charge in [0, 0.05) is 0 Å². The van der Waals surface area contributed by atoms with Crippen molar-refractivity contribution in [2.45, 2.75) is 44.3 Å². The molecule has 0 saturated heterocycles. The fourth-order valence-corrected chi connectivity index (χ4v) is 3.59. The Morgan fingerprint density at radius 3 is 2.38 bits per heavy atom. The van der Waals surface area contributed by atoms with Crippen LogP contribution in [0.1, 0.15) is 37.4 Å². The molecule has 2 rings (SSSR count). The molecule has 0 fully saturated rings. The second kappa shape index (κ2) is 8.57. The molecule has 1 aromatic carbocycles. The van der Waals surface area contributed by atoms with Crippen LogP contribution in [-0.4, -0.2) is 30.6 Å². The predicted octanol–water partition coefficient (Wildman–Crippen LogP) is 4.18. The molecule has 1 unspecified atom stereocenters. The summed E-state index contributed by atoms with van der Waals surface area (Å²) in [6.45, 7) is 5.03. The third-order valence-corrected chi connectivity index (χ3v) is 5.31. The van der Waals surface area contributed by atoms with Gasteiger partial charge in [-0.2, -0.15) is 21.6 Å². The van der Waals surface area contributed by atoms with E-state index in [9.17, 15) is 26.4 Å². The normalized spacial score (nSPS) is 13.6. The van der Waals surface area contributed by atoms with E-state index in [1.807, 2.05) is 0 Å². The van der Waals surface area contributed by atoms with Gasteiger partial charge in [-0.05, 0) is 32.8 Å². The minimum Gasteiger partial charge on any atom is -0.444 e. The van der Waals surface area contributed by atoms with Gasteiger partial charge in [0.25, 0.3) is 0 Å². The van der Waals surface area contributed by atoms with E-state index >= 15 is 0 Å². The maximum atomic E-state index is 12.5. The Morgan fingerprint density at radius 1 is 1.21 bits per heavy atom. The molecule has 0 aliphatic heterocycles. The summed E-state index contributed by atoms with van der Waals surface area (Å²) in [7, 11) is -5.81. The van der Waals surface area contributed by atoms with Crippen LogP contribution in [0.2, 0.25) is 0 Å². The van der Waals surface area contributed by atoms with Gasteiger partial charge in [-0.15, -0.1) is 0 Å². The van der Waals surface area contributed by atoms with Gasteiger partial charge in [0.05, 0.1) is 12.2 Å². The smallest absolute Gasteiger partial charge is 0.444 e. The number of hydrogen-bond donors (Lipinski definition) is 1. The highest BCUT2D eigenvalue weighted by molar-refractivity contribution is 7.88. The molecule has 2 aromatic rings. The third-order valence-electron chi connectivity index (χ3n) is 3.25. The molecule has 0 aliphatic rings. The highest BCUT2D eigenvalue weighted by Crippen LogP contribution is 2.33. The van der Waals surface area contributed by atoms with Gasteiger partial charge < -0.3 is 14.2 Å². The van der Waals surface area contributed by atoms with Gasteiger partial charge in [0.2, 0.25) is 5.06 Å². The largest absolute Gasteiger partial charge is 0.534 e. The standard InChI is InChI=1S/C17H19F3N2O5S2/c1-16(2,3)26-15(23)22-12(9-11-7-5-4-6-8-11)14-21-10-13(28-14)27-29(24,25)17(18,19)20/h4-8,10,12H,9H2,1-3H3,(H,22,23). The van der Waals surface area contributed by atoms with E-state index in [0.717, 1.165) is 11.8 Å². The van der Waals surface area contributed by atoms with E-state index in [0.29, 0.717) is 11.3 Å². The molecule has 1 heterocycles. The molecule has 160 valence electrons. The van der Waals surface area contributed by atoms with Crippen molar-refractivity contribution in [3.63, 3.8) is 0 Å². The zero-order valence-corrected chi connectivity index (χ0v) is 17.3. The van der Waals surface area contributed by atoms with Crippen molar-refractivity contribution >= 4 is 27.5 Å². The SMILES string of the molecule is CC(C)(C)OC(=O)NC(Cc1ccccc1)c1ncc(OS(=O)(=O)C(F)(F)F)s1. The molecule has 1 atom stereocenters. The average Bonchev–Trinajstić information content (AvgIpc) is 3.00. The summed E-state index contributed by atoms with van der Waals surface area (Å²) in [6, 6.07) is 8.18. The Hall–Kier alpha value is -2.34. The van der Waals surface area contributed by atoms with Crippen molar-refractivity contribution in [2.75, 3.05) is 0 Å². The van der Waals surface area contributed by atoms with E-state index in [1.54, 1.807) is 51.1 Å². The molecular weight excluding hydrogens is 433 g/mol. The number of carbonyl (C=O) groups is 1. The minimum absolute atomic E-state index is 0.159. The van der Waals surface area contributed by atoms with Crippen molar-refractivity contribution in [3.05, 3.63) is 47.1 Å². The lowest BCUT2D eigenvalue weighted by atomic mass is 10.1. The lowest BCUT2D eigenvalue weighted by Crippen LogP contribution is -2.35. The fourth-order valence-electron chi connectivity index (χ4n) is 2.13. The van der Waals surface area contributed by atoms with Gasteiger partial charge in [-0.3, -0.25) is 0 Å². The first-order valence-electron chi connectivity index (χ1n) is 8.27. The van der Waals surface area contributed by atoms with E-state index in [-0.39, 0.29) is 11.4 Å². The summed E-state index contributed by atoms with van der Waals surface area (Å²) in [5.41, 5.74) is -5.51. The maximum Gasteiger partial charge on any atom is 0.534 e. The van der Waals surface area contributed by atoms with Crippen molar-refractivity contribution in [1.29, 1.82) is 0 Å². The number of amides is 1. The Bertz CT molecular complexity index is 938. The van der Waals surface area contributed by atoms with Gasteiger partial charge in [0.15, 0.2) is 0 Å². The quantitative estimate of drug-likeness (QED) is 0.522. The summed E-state index contributed by atoms with van der Waals surface area (Å²) >= 11 is 0.580. The zero-order valence-electron chi connectivity index (χ0n) is 15.7. The summed E-state index contributed by atoms with van der Waals surface area (Å²) in [6.07, 6.45) is 0.357. The number of hydrogen-bond acceptors (Lipinski definition) is 7. The zero-order chi connectivity index (χ0) is 21.9. The third kappa shape index (κ3) is 6.89. The molecule has 29 heavy (non-hydrogen) atoms. The minimum atomic E-state index is -5.81. The van der Waals surface area contributed by atoms with Crippen molar-refractivity contribution in [3.8, 4) is 5.06 Å². The molecule has 0 aliphatic carbocycles. The van der Waals surface area contributed by atoms with Crippen LogP contribution in [0.5, 0.6) is 5.06 Å². The number of halogens is 3. The Labute approximate surface area is 170 Å². The van der Waals surface area contributed by atoms with E-state index in [4.69, 9.17) is 4.74 Å². The fraction of sp³-hybridized carbons (Fsp3) is 0.412. The molecule has 12 heteroatoms. The van der Waals surface area contributed by atoms with Crippen LogP contribution in [0.4, 0.5) is 18.0 Å². The second-order valence-corrected chi connectivity index (χ2v) is 9.45. The number of nitrogens with zero attached hydrogens (tertiary/aromatic N) is 1. The first-order chi connectivity index (χ1) is 13.3. The number of alkyl halides is 3. The number of nitrogens with one attached hydrogen (secondary N) is 1. The van der Waals surface area contributed by atoms with Crippen LogP contribution in [-0.2, 0) is 21.3 Å². The number of rotatable bonds is 6. The lowest BCUT2D eigenvalue weighted by molar-refractivity contribution is -0.0499. The molecule has 0 bridgehead atoms. The molecule has 1 N–H and O–H groups in total. The highest BCUT2D eigenvalue weighted by Gasteiger charge is 2.49. The molecule has 0 radical (unpaired) electrons. The summed E-state index contributed by atoms with van der Waals surface area (Å²) in [5.74, 6) is 0. The number of carbonyl (C=O) groups excluding carboxylic acids is 1. The molecule has 1 aromatic heterocycles. The van der Waals surface area contributed by atoms with Crippen LogP contribution in [0.25, 0.3) is 0 Å². The Kier molecular flexibility index (Phi) is 6.78. The molecular formula is C17H19F3N2O5S2. The van der Waals surface area contributed by atoms with Crippen LogP contribution < -0.4 is 9.50 Å². The van der Waals surface area contributed by atoms with E-state index in [1.165, 1.54) is 0 Å². The maximum absolute atomic E-state index is 12.5. The molecule has 0 saturated carbocycles. The molecule has 1 amide bonds. The number of benzene rings is 1.